The minimum atomic E-state index is -5.45. The van der Waals surface area contributed by atoms with E-state index in [1.54, 1.807) is 0 Å². The van der Waals surface area contributed by atoms with Crippen LogP contribution in [0.1, 0.15) is 65.5 Å². The minimum absolute atomic E-state index is 0.444. The summed E-state index contributed by atoms with van der Waals surface area (Å²) in [7, 11) is 0. The van der Waals surface area contributed by atoms with Crippen LogP contribution in [-0.4, -0.2) is 0 Å². The molecule has 0 unspecified atom stereocenters. The zero-order valence-corrected chi connectivity index (χ0v) is 25.1. The maximum absolute atomic E-state index is 14.2. The molecule has 0 aliphatic heterocycles. The number of para-hydroxylation sites is 2. The van der Waals surface area contributed by atoms with Gasteiger partial charge in [0.15, 0.2) is 0 Å². The van der Waals surface area contributed by atoms with Gasteiger partial charge >= 0.3 is 231 Å². The molecule has 2 aliphatic carbocycles. The first-order chi connectivity index (χ1) is 18.1. The first-order valence-electron chi connectivity index (χ1n) is 12.5. The first kappa shape index (κ1) is 29.4. The Balaban J connectivity index is 2.12. The molecule has 39 heavy (non-hydrogen) atoms. The second-order valence-electron chi connectivity index (χ2n) is 10.3. The fraction of sp³-hybridized carbons (Fsp3) is 0.333. The molecule has 0 N–H and O–H groups in total. The van der Waals surface area contributed by atoms with Gasteiger partial charge in [-0.05, 0) is 0 Å². The van der Waals surface area contributed by atoms with E-state index in [0.717, 1.165) is 45.6 Å². The molecule has 0 spiro atoms. The van der Waals surface area contributed by atoms with Crippen LogP contribution in [-0.2, 0) is 33.5 Å². The van der Waals surface area contributed by atoms with Gasteiger partial charge in [-0.2, -0.15) is 0 Å². The van der Waals surface area contributed by atoms with Crippen LogP contribution in [0, 0.1) is 0 Å². The van der Waals surface area contributed by atoms with Gasteiger partial charge in [-0.25, -0.2) is 0 Å². The maximum atomic E-state index is 14.2. The number of benzene rings is 2. The van der Waals surface area contributed by atoms with Gasteiger partial charge in [0, 0.05) is 0 Å². The molecule has 0 amide bonds. The number of rotatable bonds is 6. The van der Waals surface area contributed by atoms with Crippen molar-refractivity contribution in [1.82, 2.24) is 0 Å². The standard InChI is InChI=1S/2C8H11.2C7H5F3O.Zr/c2*1-6-4-7(2)8(3)5-6;2*8-7(9,10)5-3-1-2-4-6(5)11;/h2*4H2,1-3H3;2*1-4,11H;/q;;;;+2/p-2. The molecule has 208 valence electrons. The third-order valence-electron chi connectivity index (χ3n) is 7.50. The third kappa shape index (κ3) is 5.44. The molecule has 2 aromatic carbocycles. The predicted octanol–water partition coefficient (Wildman–Crippen LogP) is 10.2. The van der Waals surface area contributed by atoms with E-state index in [1.807, 2.05) is 41.5 Å². The van der Waals surface area contributed by atoms with Gasteiger partial charge in [0.05, 0.1) is 0 Å². The fourth-order valence-corrected chi connectivity index (χ4v) is 16.4. The van der Waals surface area contributed by atoms with Crippen LogP contribution in [0.25, 0.3) is 0 Å². The first-order valence-corrected chi connectivity index (χ1v) is 17.0. The summed E-state index contributed by atoms with van der Waals surface area (Å²) in [5.74, 6) is -0.888. The van der Waals surface area contributed by atoms with Gasteiger partial charge in [-0.15, -0.1) is 0 Å². The SMILES string of the molecule is CC1=C(C)[C]([Zr]([O]c2ccccc2C(F)(F)F)([O]c2ccccc2C(F)(F)F)[C]2=C(C)CC(C)=C2C)=C(C)C1. The Labute approximate surface area is 230 Å². The molecule has 2 aliphatic rings. The van der Waals surface area contributed by atoms with Crippen molar-refractivity contribution in [3.63, 3.8) is 0 Å². The molecule has 0 heterocycles. The summed E-state index contributed by atoms with van der Waals surface area (Å²) in [5.41, 5.74) is 3.26. The molecule has 4 rings (SSSR count). The van der Waals surface area contributed by atoms with E-state index in [2.05, 4.69) is 0 Å². The molecule has 0 aromatic heterocycles. The Morgan fingerprint density at radius 1 is 0.538 bits per heavy atom. The van der Waals surface area contributed by atoms with Gasteiger partial charge in [0.1, 0.15) is 0 Å². The summed E-state index contributed by atoms with van der Waals surface area (Å²) in [6.45, 7) is 11.2. The molecule has 0 atom stereocenters. The van der Waals surface area contributed by atoms with E-state index < -0.39 is 56.1 Å². The third-order valence-corrected chi connectivity index (χ3v) is 17.2. The van der Waals surface area contributed by atoms with Crippen LogP contribution in [0.15, 0.2) is 88.5 Å². The summed E-state index contributed by atoms with van der Waals surface area (Å²) in [6.07, 6.45) is -8.39. The molecule has 0 radical (unpaired) electrons. The van der Waals surface area contributed by atoms with Gasteiger partial charge in [-0.1, -0.05) is 0 Å². The van der Waals surface area contributed by atoms with Crippen LogP contribution in [0.2, 0.25) is 0 Å². The van der Waals surface area contributed by atoms with Crippen molar-refractivity contribution < 1.29 is 53.1 Å². The number of hydrogen-bond donors (Lipinski definition) is 0. The van der Waals surface area contributed by atoms with Crippen LogP contribution < -0.4 is 5.63 Å². The van der Waals surface area contributed by atoms with Crippen molar-refractivity contribution >= 4 is 0 Å². The van der Waals surface area contributed by atoms with Gasteiger partial charge in [0.25, 0.3) is 0 Å². The Morgan fingerprint density at radius 2 is 0.872 bits per heavy atom. The molecular weight excluding hydrogens is 598 g/mol. The van der Waals surface area contributed by atoms with Crippen molar-refractivity contribution in [2.24, 2.45) is 0 Å². The average molecular weight is 628 g/mol. The monoisotopic (exact) mass is 626 g/mol. The van der Waals surface area contributed by atoms with Crippen molar-refractivity contribution in [2.75, 3.05) is 0 Å². The number of allylic oxidation sites excluding steroid dienone is 8. The van der Waals surface area contributed by atoms with E-state index in [9.17, 15) is 26.3 Å². The van der Waals surface area contributed by atoms with E-state index in [4.69, 9.17) is 5.63 Å². The zero-order chi connectivity index (χ0) is 28.9. The van der Waals surface area contributed by atoms with Crippen LogP contribution >= 0.6 is 0 Å². The van der Waals surface area contributed by atoms with Crippen LogP contribution in [0.4, 0.5) is 26.3 Å². The number of alkyl halides is 6. The van der Waals surface area contributed by atoms with Crippen molar-refractivity contribution in [3.05, 3.63) is 99.7 Å². The topological polar surface area (TPSA) is 18.5 Å². The molecular formula is C30H30F6O2Zr. The van der Waals surface area contributed by atoms with Gasteiger partial charge in [-0.3, -0.25) is 0 Å². The molecule has 9 heteroatoms. The summed E-state index contributed by atoms with van der Waals surface area (Å²) in [6, 6.07) is 9.67. The van der Waals surface area contributed by atoms with Gasteiger partial charge < -0.3 is 0 Å². The quantitative estimate of drug-likeness (QED) is 0.297. The van der Waals surface area contributed by atoms with E-state index >= 15 is 0 Å². The summed E-state index contributed by atoms with van der Waals surface area (Å²) in [4.78, 5) is 0. The predicted molar refractivity (Wildman–Crippen MR) is 136 cm³/mol. The second-order valence-corrected chi connectivity index (χ2v) is 16.8. The molecule has 0 saturated carbocycles. The van der Waals surface area contributed by atoms with E-state index in [0.29, 0.717) is 19.4 Å². The van der Waals surface area contributed by atoms with Crippen LogP contribution in [0.5, 0.6) is 11.5 Å². The zero-order valence-electron chi connectivity index (χ0n) is 22.6. The van der Waals surface area contributed by atoms with Crippen LogP contribution in [0.3, 0.4) is 0 Å². The molecule has 0 saturated heterocycles. The van der Waals surface area contributed by atoms with E-state index in [1.165, 1.54) is 36.4 Å². The molecule has 2 aromatic rings. The Morgan fingerprint density at radius 3 is 1.15 bits per heavy atom. The number of hydrogen-bond acceptors (Lipinski definition) is 2. The fourth-order valence-electron chi connectivity index (χ4n) is 5.60. The number of halogens is 6. The van der Waals surface area contributed by atoms with Gasteiger partial charge in [0.2, 0.25) is 0 Å². The van der Waals surface area contributed by atoms with Crippen molar-refractivity contribution in [2.45, 2.75) is 66.7 Å². The summed E-state index contributed by atoms with van der Waals surface area (Å²) in [5, 5.41) is 0. The Kier molecular flexibility index (Phi) is 7.90. The Bertz CT molecular complexity index is 1330. The average Bonchev–Trinajstić information content (AvgIpc) is 3.24. The van der Waals surface area contributed by atoms with Crippen molar-refractivity contribution in [1.29, 1.82) is 0 Å². The molecule has 0 bridgehead atoms. The molecule has 2 nitrogen and oxygen atoms in total. The summed E-state index contributed by atoms with van der Waals surface area (Å²) < 4.78 is 99.5. The molecule has 0 fully saturated rings. The van der Waals surface area contributed by atoms with E-state index in [-0.39, 0.29) is 0 Å². The second kappa shape index (κ2) is 10.5. The summed E-state index contributed by atoms with van der Waals surface area (Å²) >= 11 is -5.45. The van der Waals surface area contributed by atoms with Crippen molar-refractivity contribution in [3.8, 4) is 11.5 Å². The normalized spacial score (nSPS) is 17.1. The Hall–Kier alpha value is -2.54.